The Kier molecular flexibility index (Phi) is 15.4. The van der Waals surface area contributed by atoms with E-state index in [1.807, 2.05) is 6.08 Å². The summed E-state index contributed by atoms with van der Waals surface area (Å²) in [5, 5.41) is 11.0. The highest BCUT2D eigenvalue weighted by Gasteiger charge is 2.45. The molecule has 0 fully saturated rings. The number of fused-ring (bicyclic) bond motifs is 1. The van der Waals surface area contributed by atoms with E-state index in [0.29, 0.717) is 0 Å². The first-order valence-corrected chi connectivity index (χ1v) is 12.9. The van der Waals surface area contributed by atoms with Gasteiger partial charge in [-0.2, -0.15) is 0 Å². The summed E-state index contributed by atoms with van der Waals surface area (Å²) in [6.07, 6.45) is 28.4. The number of halogens is 1. The van der Waals surface area contributed by atoms with Crippen LogP contribution in [0.25, 0.3) is 0 Å². The van der Waals surface area contributed by atoms with Crippen molar-refractivity contribution in [3.63, 3.8) is 0 Å². The number of nitrogens with zero attached hydrogens (tertiary/aromatic N) is 2. The van der Waals surface area contributed by atoms with Crippen LogP contribution in [0.2, 0.25) is 0 Å². The van der Waals surface area contributed by atoms with Gasteiger partial charge in [-0.25, -0.2) is 4.90 Å². The Labute approximate surface area is 204 Å². The van der Waals surface area contributed by atoms with Crippen LogP contribution in [0.4, 0.5) is 0 Å². The van der Waals surface area contributed by atoms with Crippen molar-refractivity contribution in [2.45, 2.75) is 128 Å². The fourth-order valence-corrected chi connectivity index (χ4v) is 4.96. The first kappa shape index (κ1) is 27.9. The van der Waals surface area contributed by atoms with Crippen molar-refractivity contribution in [1.82, 2.24) is 4.90 Å². The largest absolute Gasteiger partial charge is 1.00 e. The molecule has 0 radical (unpaired) electrons. The van der Waals surface area contributed by atoms with E-state index in [-0.39, 0.29) is 24.0 Å². The van der Waals surface area contributed by atoms with E-state index in [1.54, 1.807) is 0 Å². The minimum absolute atomic E-state index is 0. The van der Waals surface area contributed by atoms with Crippen LogP contribution >= 0.6 is 0 Å². The number of aliphatic hydroxyl groups is 1. The van der Waals surface area contributed by atoms with Gasteiger partial charge in [0.1, 0.15) is 0 Å². The van der Waals surface area contributed by atoms with Gasteiger partial charge < -0.3 is 29.1 Å². The fraction of sp³-hybridized carbons (Fsp3) is 0.885. The Bertz CT molecular complexity index is 505. The highest BCUT2D eigenvalue weighted by molar-refractivity contribution is 5.92. The highest BCUT2D eigenvalue weighted by atomic mass is 127. The van der Waals surface area contributed by atoms with Crippen LogP contribution in [0.3, 0.4) is 0 Å². The summed E-state index contributed by atoms with van der Waals surface area (Å²) in [6, 6.07) is 0. The molecule has 1 N–H and O–H groups in total. The van der Waals surface area contributed by atoms with Gasteiger partial charge in [-0.1, -0.05) is 103 Å². The highest BCUT2D eigenvalue weighted by Crippen LogP contribution is 2.29. The lowest BCUT2D eigenvalue weighted by atomic mass is 10.0. The minimum Gasteiger partial charge on any atom is -1.00 e. The Morgan fingerprint density at radius 2 is 1.30 bits per heavy atom. The smallest absolute Gasteiger partial charge is 0.274 e. The van der Waals surface area contributed by atoms with E-state index in [4.69, 9.17) is 0 Å². The van der Waals surface area contributed by atoms with Gasteiger partial charge in [0.05, 0.1) is 20.1 Å². The molecule has 176 valence electrons. The molecule has 2 rings (SSSR count). The molecule has 0 aromatic rings. The van der Waals surface area contributed by atoms with Gasteiger partial charge in [-0.05, 0) is 12.5 Å². The molecule has 0 aliphatic carbocycles. The molecular formula is C26H49IN2O. The lowest BCUT2D eigenvalue weighted by Crippen LogP contribution is -3.00. The van der Waals surface area contributed by atoms with Gasteiger partial charge in [0.15, 0.2) is 0 Å². The summed E-state index contributed by atoms with van der Waals surface area (Å²) in [4.78, 5) is 2.21. The van der Waals surface area contributed by atoms with Gasteiger partial charge >= 0.3 is 0 Å². The average Bonchev–Trinajstić information content (AvgIpc) is 3.06. The molecule has 0 aromatic heterocycles. The Hall–Kier alpha value is -0.100. The molecule has 0 saturated heterocycles. The second-order valence-corrected chi connectivity index (χ2v) is 9.55. The third-order valence-electron chi connectivity index (χ3n) is 6.91. The summed E-state index contributed by atoms with van der Waals surface area (Å²) in [6.45, 7) is 4.38. The monoisotopic (exact) mass is 532 g/mol. The van der Waals surface area contributed by atoms with E-state index in [9.17, 15) is 5.11 Å². The molecule has 1 unspecified atom stereocenters. The molecule has 0 bridgehead atoms. The molecule has 2 heterocycles. The van der Waals surface area contributed by atoms with Gasteiger partial charge in [0.2, 0.25) is 5.72 Å². The SMILES string of the molecule is CCCCCCCCCCCCCCCCCCC1(O)C=CC2=[N+](C)CCCN21.[I-]. The van der Waals surface area contributed by atoms with Crippen LogP contribution < -0.4 is 24.0 Å². The summed E-state index contributed by atoms with van der Waals surface area (Å²) in [7, 11) is 2.13. The summed E-state index contributed by atoms with van der Waals surface area (Å²) < 4.78 is 2.27. The van der Waals surface area contributed by atoms with Crippen molar-refractivity contribution in [3.05, 3.63) is 12.2 Å². The van der Waals surface area contributed by atoms with Crippen molar-refractivity contribution in [2.75, 3.05) is 20.1 Å². The predicted octanol–water partition coefficient (Wildman–Crippen LogP) is 3.65. The topological polar surface area (TPSA) is 26.5 Å². The van der Waals surface area contributed by atoms with Crippen LogP contribution in [0.1, 0.15) is 122 Å². The summed E-state index contributed by atoms with van der Waals surface area (Å²) in [5.41, 5.74) is -0.722. The van der Waals surface area contributed by atoms with Crippen LogP contribution in [0.5, 0.6) is 0 Å². The number of amidine groups is 1. The fourth-order valence-electron chi connectivity index (χ4n) is 4.96. The maximum Gasteiger partial charge on any atom is 0.274 e. The molecule has 0 aromatic carbocycles. The van der Waals surface area contributed by atoms with Crippen molar-refractivity contribution in [1.29, 1.82) is 0 Å². The summed E-state index contributed by atoms with van der Waals surface area (Å²) >= 11 is 0. The van der Waals surface area contributed by atoms with Crippen molar-refractivity contribution in [3.8, 4) is 0 Å². The molecular weight excluding hydrogens is 483 g/mol. The quantitative estimate of drug-likeness (QED) is 0.176. The lowest BCUT2D eigenvalue weighted by molar-refractivity contribution is -0.509. The number of hydrogen-bond acceptors (Lipinski definition) is 2. The van der Waals surface area contributed by atoms with E-state index in [2.05, 4.69) is 29.5 Å². The molecule has 0 amide bonds. The molecule has 0 spiro atoms. The number of unbranched alkanes of at least 4 members (excludes halogenated alkanes) is 15. The lowest BCUT2D eigenvalue weighted by Gasteiger charge is -2.31. The van der Waals surface area contributed by atoms with Crippen LogP contribution in [0.15, 0.2) is 12.2 Å². The van der Waals surface area contributed by atoms with Crippen molar-refractivity contribution < 1.29 is 33.7 Å². The third kappa shape index (κ3) is 10.0. The molecule has 2 aliphatic rings. The van der Waals surface area contributed by atoms with E-state index in [0.717, 1.165) is 32.4 Å². The second kappa shape index (κ2) is 16.5. The zero-order valence-corrected chi connectivity index (χ0v) is 22.2. The molecule has 3 nitrogen and oxygen atoms in total. The summed E-state index contributed by atoms with van der Waals surface area (Å²) in [5.74, 6) is 1.20. The van der Waals surface area contributed by atoms with Gasteiger partial charge in [-0.15, -0.1) is 0 Å². The minimum atomic E-state index is -0.722. The van der Waals surface area contributed by atoms with Crippen molar-refractivity contribution in [2.24, 2.45) is 0 Å². The van der Waals surface area contributed by atoms with E-state index < -0.39 is 5.72 Å². The molecule has 1 atom stereocenters. The Morgan fingerprint density at radius 3 is 1.80 bits per heavy atom. The molecule has 4 heteroatoms. The van der Waals surface area contributed by atoms with E-state index >= 15 is 0 Å². The average molecular weight is 533 g/mol. The normalized spacial score (nSPS) is 20.6. The first-order chi connectivity index (χ1) is 14.2. The zero-order chi connectivity index (χ0) is 20.8. The maximum absolute atomic E-state index is 11.0. The van der Waals surface area contributed by atoms with E-state index in [1.165, 1.54) is 102 Å². The van der Waals surface area contributed by atoms with Gasteiger partial charge in [0.25, 0.3) is 5.84 Å². The zero-order valence-electron chi connectivity index (χ0n) is 20.0. The standard InChI is InChI=1S/C26H49N2O.HI/c1-3-4-5-6-7-8-9-10-11-12-13-14-15-16-17-18-21-26(29)22-20-25-27(2)23-19-24-28(25)26;/h20,22,29H,3-19,21,23-24H2,1-2H3;1H/q+1;/p-1. The Balaban J connectivity index is 0.00000450. The van der Waals surface area contributed by atoms with Crippen LogP contribution in [-0.4, -0.2) is 46.3 Å². The molecule has 30 heavy (non-hydrogen) atoms. The van der Waals surface area contributed by atoms with Crippen LogP contribution in [-0.2, 0) is 0 Å². The van der Waals surface area contributed by atoms with Crippen LogP contribution in [0, 0.1) is 0 Å². The number of rotatable bonds is 17. The molecule has 2 aliphatic heterocycles. The maximum atomic E-state index is 11.0. The number of hydrogen-bond donors (Lipinski definition) is 1. The second-order valence-electron chi connectivity index (χ2n) is 9.55. The van der Waals surface area contributed by atoms with Gasteiger partial charge in [-0.3, -0.25) is 4.58 Å². The predicted molar refractivity (Wildman–Crippen MR) is 126 cm³/mol. The third-order valence-corrected chi connectivity index (χ3v) is 6.91. The van der Waals surface area contributed by atoms with Crippen molar-refractivity contribution >= 4 is 5.84 Å². The first-order valence-electron chi connectivity index (χ1n) is 12.9. The Morgan fingerprint density at radius 1 is 0.833 bits per heavy atom. The molecule has 0 saturated carbocycles. The van der Waals surface area contributed by atoms with Gasteiger partial charge in [0, 0.05) is 18.9 Å².